The number of carbonyl (C=O) groups excluding carboxylic acids is 2. The van der Waals surface area contributed by atoms with Gasteiger partial charge in [-0.15, -0.1) is 0 Å². The highest BCUT2D eigenvalue weighted by Gasteiger charge is 2.21. The molecule has 0 atom stereocenters. The summed E-state index contributed by atoms with van der Waals surface area (Å²) < 4.78 is 5.63. The van der Waals surface area contributed by atoms with Crippen LogP contribution in [-0.4, -0.2) is 54.4 Å². The molecule has 0 unspecified atom stereocenters. The number of hydrogen-bond donors (Lipinski definition) is 0. The molecular weight excluding hydrogens is 352 g/mol. The van der Waals surface area contributed by atoms with Crippen LogP contribution in [0.15, 0.2) is 24.3 Å². The largest absolute Gasteiger partial charge is 0.492 e. The van der Waals surface area contributed by atoms with Crippen LogP contribution in [-0.2, 0) is 9.59 Å². The van der Waals surface area contributed by atoms with E-state index >= 15 is 0 Å². The third-order valence-electron chi connectivity index (χ3n) is 4.57. The SMILES string of the molecule is CCCCC(=O)N1CCCN(C(=O)CCCOc2ccccc2Cl)CC1. The van der Waals surface area contributed by atoms with Crippen molar-refractivity contribution in [1.82, 2.24) is 9.80 Å². The van der Waals surface area contributed by atoms with Crippen molar-refractivity contribution in [3.8, 4) is 5.75 Å². The number of halogens is 1. The molecular formula is C20H29ClN2O3. The van der Waals surface area contributed by atoms with Crippen molar-refractivity contribution in [2.45, 2.75) is 45.4 Å². The Labute approximate surface area is 161 Å². The standard InChI is InChI=1S/C20H29ClN2O3/c1-2-3-10-19(24)22-12-7-13-23(15-14-22)20(25)11-6-16-26-18-9-5-4-8-17(18)21/h4-5,8-9H,2-3,6-7,10-16H2,1H3. The van der Waals surface area contributed by atoms with Crippen molar-refractivity contribution in [1.29, 1.82) is 0 Å². The molecule has 0 bridgehead atoms. The summed E-state index contributed by atoms with van der Waals surface area (Å²) in [7, 11) is 0. The van der Waals surface area contributed by atoms with Crippen LogP contribution in [0.3, 0.4) is 0 Å². The smallest absolute Gasteiger partial charge is 0.222 e. The minimum atomic E-state index is 0.135. The highest BCUT2D eigenvalue weighted by atomic mass is 35.5. The molecule has 0 aliphatic carbocycles. The summed E-state index contributed by atoms with van der Waals surface area (Å²) in [4.78, 5) is 28.4. The van der Waals surface area contributed by atoms with Crippen LogP contribution < -0.4 is 4.74 Å². The Bertz CT molecular complexity index is 594. The van der Waals surface area contributed by atoms with Gasteiger partial charge in [0.2, 0.25) is 11.8 Å². The number of amides is 2. The van der Waals surface area contributed by atoms with Crippen LogP contribution in [0.2, 0.25) is 5.02 Å². The number of hydrogen-bond acceptors (Lipinski definition) is 3. The molecule has 0 N–H and O–H groups in total. The van der Waals surface area contributed by atoms with Crippen LogP contribution in [0.1, 0.15) is 45.4 Å². The Hall–Kier alpha value is -1.75. The van der Waals surface area contributed by atoms with Crippen LogP contribution >= 0.6 is 11.6 Å². The molecule has 0 radical (unpaired) electrons. The maximum Gasteiger partial charge on any atom is 0.222 e. The molecule has 1 aliphatic rings. The van der Waals surface area contributed by atoms with Gasteiger partial charge in [0.15, 0.2) is 0 Å². The third-order valence-corrected chi connectivity index (χ3v) is 4.89. The molecule has 1 aliphatic heterocycles. The van der Waals surface area contributed by atoms with Gasteiger partial charge in [-0.25, -0.2) is 0 Å². The Morgan fingerprint density at radius 1 is 1.00 bits per heavy atom. The number of carbonyl (C=O) groups is 2. The van der Waals surface area contributed by atoms with E-state index in [0.717, 1.165) is 32.4 Å². The first-order valence-corrected chi connectivity index (χ1v) is 9.92. The van der Waals surface area contributed by atoms with Gasteiger partial charge in [-0.3, -0.25) is 9.59 Å². The molecule has 2 amide bonds. The van der Waals surface area contributed by atoms with Crippen molar-refractivity contribution >= 4 is 23.4 Å². The zero-order chi connectivity index (χ0) is 18.8. The monoisotopic (exact) mass is 380 g/mol. The Balaban J connectivity index is 1.69. The van der Waals surface area contributed by atoms with Crippen molar-refractivity contribution in [2.24, 2.45) is 0 Å². The van der Waals surface area contributed by atoms with E-state index in [-0.39, 0.29) is 11.8 Å². The molecule has 6 heteroatoms. The Morgan fingerprint density at radius 2 is 1.62 bits per heavy atom. The topological polar surface area (TPSA) is 49.9 Å². The average Bonchev–Trinajstić information content (AvgIpc) is 2.90. The van der Waals surface area contributed by atoms with Crippen LogP contribution in [0.25, 0.3) is 0 Å². The lowest BCUT2D eigenvalue weighted by atomic mass is 10.2. The van der Waals surface area contributed by atoms with Gasteiger partial charge in [0.25, 0.3) is 0 Å². The average molecular weight is 381 g/mol. The first-order chi connectivity index (χ1) is 12.6. The second kappa shape index (κ2) is 11.1. The number of nitrogens with zero attached hydrogens (tertiary/aromatic N) is 2. The van der Waals surface area contributed by atoms with Crippen LogP contribution in [0.5, 0.6) is 5.75 Å². The number of rotatable bonds is 8. The molecule has 1 aromatic carbocycles. The van der Waals surface area contributed by atoms with Gasteiger partial charge in [0.05, 0.1) is 11.6 Å². The van der Waals surface area contributed by atoms with E-state index in [0.29, 0.717) is 49.7 Å². The van der Waals surface area contributed by atoms with Crippen molar-refractivity contribution in [3.63, 3.8) is 0 Å². The number of ether oxygens (including phenoxy) is 1. The van der Waals surface area contributed by atoms with Gasteiger partial charge in [0.1, 0.15) is 5.75 Å². The van der Waals surface area contributed by atoms with Gasteiger partial charge >= 0.3 is 0 Å². The predicted octanol–water partition coefficient (Wildman–Crippen LogP) is 3.75. The summed E-state index contributed by atoms with van der Waals surface area (Å²) in [5, 5.41) is 0.583. The first kappa shape index (κ1) is 20.6. The van der Waals surface area contributed by atoms with E-state index in [1.165, 1.54) is 0 Å². The molecule has 2 rings (SSSR count). The normalized spacial score (nSPS) is 14.8. The van der Waals surface area contributed by atoms with Gasteiger partial charge in [-0.2, -0.15) is 0 Å². The molecule has 0 aromatic heterocycles. The van der Waals surface area contributed by atoms with Crippen molar-refractivity contribution in [2.75, 3.05) is 32.8 Å². The lowest BCUT2D eigenvalue weighted by molar-refractivity contribution is -0.133. The summed E-state index contributed by atoms with van der Waals surface area (Å²) >= 11 is 6.04. The van der Waals surface area contributed by atoms with Crippen molar-refractivity contribution in [3.05, 3.63) is 29.3 Å². The zero-order valence-corrected chi connectivity index (χ0v) is 16.3. The fraction of sp³-hybridized carbons (Fsp3) is 0.600. The molecule has 1 fully saturated rings. The Kier molecular flexibility index (Phi) is 8.75. The summed E-state index contributed by atoms with van der Waals surface area (Å²) in [6.07, 6.45) is 4.53. The highest BCUT2D eigenvalue weighted by Crippen LogP contribution is 2.23. The molecule has 1 aromatic rings. The lowest BCUT2D eigenvalue weighted by Crippen LogP contribution is -2.37. The van der Waals surface area contributed by atoms with Crippen molar-refractivity contribution < 1.29 is 14.3 Å². The molecule has 1 saturated heterocycles. The van der Waals surface area contributed by atoms with Crippen LogP contribution in [0, 0.1) is 0 Å². The molecule has 1 heterocycles. The first-order valence-electron chi connectivity index (χ1n) is 9.54. The quantitative estimate of drug-likeness (QED) is 0.645. The lowest BCUT2D eigenvalue weighted by Gasteiger charge is -2.22. The Morgan fingerprint density at radius 3 is 2.23 bits per heavy atom. The second-order valence-corrected chi connectivity index (χ2v) is 7.01. The molecule has 0 spiro atoms. The van der Waals surface area contributed by atoms with E-state index in [4.69, 9.17) is 16.3 Å². The fourth-order valence-corrected chi connectivity index (χ4v) is 3.22. The number of benzene rings is 1. The summed E-state index contributed by atoms with van der Waals surface area (Å²) in [5.41, 5.74) is 0. The van der Waals surface area contributed by atoms with Gasteiger partial charge < -0.3 is 14.5 Å². The minimum Gasteiger partial charge on any atom is -0.492 e. The minimum absolute atomic E-state index is 0.135. The fourth-order valence-electron chi connectivity index (χ4n) is 3.03. The molecule has 144 valence electrons. The van der Waals surface area contributed by atoms with E-state index < -0.39 is 0 Å². The van der Waals surface area contributed by atoms with Gasteiger partial charge in [-0.05, 0) is 31.4 Å². The summed E-state index contributed by atoms with van der Waals surface area (Å²) in [6, 6.07) is 7.33. The van der Waals surface area contributed by atoms with E-state index in [9.17, 15) is 9.59 Å². The number of unbranched alkanes of at least 4 members (excludes halogenated alkanes) is 1. The summed E-state index contributed by atoms with van der Waals surface area (Å²) in [5.74, 6) is 1.00. The van der Waals surface area contributed by atoms with Gasteiger partial charge in [0, 0.05) is 39.0 Å². The van der Waals surface area contributed by atoms with E-state index in [1.54, 1.807) is 6.07 Å². The third kappa shape index (κ3) is 6.52. The molecule has 0 saturated carbocycles. The summed E-state index contributed by atoms with van der Waals surface area (Å²) in [6.45, 7) is 5.30. The van der Waals surface area contributed by atoms with Crippen LogP contribution in [0.4, 0.5) is 0 Å². The maximum atomic E-state index is 12.4. The number of para-hydroxylation sites is 1. The van der Waals surface area contributed by atoms with E-state index in [1.807, 2.05) is 28.0 Å². The highest BCUT2D eigenvalue weighted by molar-refractivity contribution is 6.32. The second-order valence-electron chi connectivity index (χ2n) is 6.60. The van der Waals surface area contributed by atoms with Gasteiger partial charge in [-0.1, -0.05) is 37.1 Å². The zero-order valence-electron chi connectivity index (χ0n) is 15.6. The van der Waals surface area contributed by atoms with E-state index in [2.05, 4.69) is 6.92 Å². The maximum absolute atomic E-state index is 12.4. The predicted molar refractivity (Wildman–Crippen MR) is 103 cm³/mol. The molecule has 5 nitrogen and oxygen atoms in total. The molecule has 26 heavy (non-hydrogen) atoms.